The summed E-state index contributed by atoms with van der Waals surface area (Å²) in [5.41, 5.74) is 2.11. The molecule has 1 N–H and O–H groups in total. The fourth-order valence-electron chi connectivity index (χ4n) is 3.85. The molecule has 0 spiro atoms. The number of nitrogens with zero attached hydrogens (tertiary/aromatic N) is 9. The molecule has 18 heteroatoms. The van der Waals surface area contributed by atoms with Crippen molar-refractivity contribution in [2.24, 2.45) is 0 Å². The smallest absolute Gasteiger partial charge is 0.314 e. The summed E-state index contributed by atoms with van der Waals surface area (Å²) >= 11 is 0. The van der Waals surface area contributed by atoms with Gasteiger partial charge in [-0.1, -0.05) is 19.6 Å². The van der Waals surface area contributed by atoms with E-state index < -0.39 is 32.7 Å². The molecule has 13 nitrogen and oxygen atoms in total. The minimum Gasteiger partial charge on any atom is -0.415 e. The van der Waals surface area contributed by atoms with Gasteiger partial charge >= 0.3 is 12.9 Å². The summed E-state index contributed by atoms with van der Waals surface area (Å²) in [6.07, 6.45) is 4.18. The summed E-state index contributed by atoms with van der Waals surface area (Å²) in [4.78, 5) is 19.7. The van der Waals surface area contributed by atoms with Crippen LogP contribution >= 0.6 is 0 Å². The Balaban J connectivity index is 0.000000192. The van der Waals surface area contributed by atoms with Crippen molar-refractivity contribution in [3.8, 4) is 45.9 Å². The molecule has 0 aliphatic carbocycles. The lowest BCUT2D eigenvalue weighted by Gasteiger charge is -2.16. The van der Waals surface area contributed by atoms with Crippen LogP contribution in [0.25, 0.3) is 45.9 Å². The lowest BCUT2D eigenvalue weighted by Crippen LogP contribution is -2.22. The number of imidazole rings is 2. The Morgan fingerprint density at radius 2 is 1.39 bits per heavy atom. The van der Waals surface area contributed by atoms with Crippen molar-refractivity contribution in [1.82, 2.24) is 49.9 Å². The minimum absolute atomic E-state index is 0.0124. The first-order valence-electron chi connectivity index (χ1n) is 13.8. The van der Waals surface area contributed by atoms with Crippen LogP contribution in [0.4, 0.5) is 17.6 Å². The van der Waals surface area contributed by atoms with Gasteiger partial charge in [0.2, 0.25) is 11.8 Å². The number of alkyl halides is 4. The van der Waals surface area contributed by atoms with Crippen molar-refractivity contribution >= 4 is 8.07 Å². The summed E-state index contributed by atoms with van der Waals surface area (Å²) in [6, 6.07) is 7.58. The van der Waals surface area contributed by atoms with Crippen LogP contribution in [0.15, 0.2) is 70.3 Å². The number of H-pyrrole nitrogens is 1. The molecule has 0 amide bonds. The predicted molar refractivity (Wildman–Crippen MR) is 158 cm³/mol. The van der Waals surface area contributed by atoms with E-state index in [1.807, 2.05) is 4.57 Å². The van der Waals surface area contributed by atoms with Gasteiger partial charge in [0, 0.05) is 63.0 Å². The molecule has 240 valence electrons. The van der Waals surface area contributed by atoms with E-state index in [1.165, 1.54) is 6.20 Å². The maximum atomic E-state index is 12.6. The molecule has 46 heavy (non-hydrogen) atoms. The van der Waals surface area contributed by atoms with Gasteiger partial charge in [-0.25, -0.2) is 9.97 Å². The van der Waals surface area contributed by atoms with Gasteiger partial charge < -0.3 is 23.1 Å². The Bertz CT molecular complexity index is 1840. The number of aromatic amines is 1. The summed E-state index contributed by atoms with van der Waals surface area (Å²) in [7, 11) is -1.15. The van der Waals surface area contributed by atoms with Gasteiger partial charge in [0.05, 0.1) is 0 Å². The molecule has 0 saturated heterocycles. The summed E-state index contributed by atoms with van der Waals surface area (Å²) in [6.45, 7) is 7.95. The number of nitrogens with one attached hydrogen (secondary N) is 1. The van der Waals surface area contributed by atoms with Crippen LogP contribution < -0.4 is 0 Å². The van der Waals surface area contributed by atoms with E-state index in [0.29, 0.717) is 47.5 Å². The summed E-state index contributed by atoms with van der Waals surface area (Å²) in [5.74, 6) is -0.204. The van der Waals surface area contributed by atoms with Crippen LogP contribution in [0.5, 0.6) is 0 Å². The number of aromatic nitrogens is 10. The Morgan fingerprint density at radius 3 is 1.93 bits per heavy atom. The molecule has 0 fully saturated rings. The lowest BCUT2D eigenvalue weighted by molar-refractivity contribution is 0.0882. The van der Waals surface area contributed by atoms with Crippen LogP contribution in [-0.2, 0) is 11.5 Å². The Kier molecular flexibility index (Phi) is 10.1. The quantitative estimate of drug-likeness (QED) is 0.0897. The van der Waals surface area contributed by atoms with Crippen LogP contribution in [0.1, 0.15) is 24.6 Å². The highest BCUT2D eigenvalue weighted by molar-refractivity contribution is 6.76. The van der Waals surface area contributed by atoms with Gasteiger partial charge in [-0.15, -0.1) is 20.4 Å². The third-order valence-corrected chi connectivity index (χ3v) is 7.88. The molecule has 0 bridgehead atoms. The Hall–Kier alpha value is -5.10. The second-order valence-corrected chi connectivity index (χ2v) is 16.5. The van der Waals surface area contributed by atoms with Crippen LogP contribution in [0, 0.1) is 0 Å². The largest absolute Gasteiger partial charge is 0.415 e. The zero-order chi connectivity index (χ0) is 32.7. The molecule has 0 saturated carbocycles. The highest BCUT2D eigenvalue weighted by Crippen LogP contribution is 2.27. The maximum absolute atomic E-state index is 12.6. The number of rotatable bonds is 11. The van der Waals surface area contributed by atoms with Crippen LogP contribution in [0.2, 0.25) is 25.7 Å². The van der Waals surface area contributed by atoms with Crippen molar-refractivity contribution < 1.29 is 31.1 Å². The van der Waals surface area contributed by atoms with E-state index in [9.17, 15) is 17.6 Å². The van der Waals surface area contributed by atoms with E-state index in [4.69, 9.17) is 13.6 Å². The third-order valence-electron chi connectivity index (χ3n) is 6.18. The minimum atomic E-state index is -2.81. The SMILES string of the molecule is C[Si](C)(C)CCOCn1ccnc1-c1cc(-c2nnc(C(F)F)o2)ccn1.FC(F)c1nnc(-c2ccnc(-c3ncc[nH]3)c2)o1. The topological polar surface area (TPSA) is 159 Å². The second-order valence-electron chi connectivity index (χ2n) is 10.9. The van der Waals surface area contributed by atoms with Crippen molar-refractivity contribution in [1.29, 1.82) is 0 Å². The number of halogens is 4. The number of hydrogen-bond donors (Lipinski definition) is 1. The molecule has 6 aromatic rings. The molecule has 0 aromatic carbocycles. The predicted octanol–water partition coefficient (Wildman–Crippen LogP) is 6.70. The fourth-order valence-corrected chi connectivity index (χ4v) is 4.61. The van der Waals surface area contributed by atoms with Crippen molar-refractivity contribution in [3.05, 3.63) is 73.2 Å². The van der Waals surface area contributed by atoms with Gasteiger partial charge in [0.1, 0.15) is 18.1 Å². The average molecular weight is 657 g/mol. The zero-order valence-electron chi connectivity index (χ0n) is 24.8. The molecule has 6 aromatic heterocycles. The molecule has 6 rings (SSSR count). The van der Waals surface area contributed by atoms with Crippen LogP contribution in [0.3, 0.4) is 0 Å². The highest BCUT2D eigenvalue weighted by Gasteiger charge is 2.19. The van der Waals surface area contributed by atoms with Gasteiger partial charge in [-0.05, 0) is 30.3 Å². The first-order valence-corrected chi connectivity index (χ1v) is 17.5. The molecule has 6 heterocycles. The van der Waals surface area contributed by atoms with E-state index in [2.05, 4.69) is 65.0 Å². The standard InChI is InChI=1S/C17H21F2N5O2Si.C11H7F2N5O/c1-27(2,3)9-8-25-11-24-7-6-21-15(24)13-10-12(4-5-20-13)16-22-23-17(26-16)14(18)19;12-8(13)11-18-17-10(19-11)6-1-2-14-7(5-6)9-15-3-4-16-9/h4-7,10,14H,8-9,11H2,1-3H3;1-5,8H,(H,15,16). The molecular formula is C28H28F4N10O3Si. The second kappa shape index (κ2) is 14.3. The van der Waals surface area contributed by atoms with E-state index >= 15 is 0 Å². The first-order chi connectivity index (χ1) is 22.1. The molecule has 0 aliphatic heterocycles. The van der Waals surface area contributed by atoms with E-state index in [0.717, 1.165) is 6.04 Å². The van der Waals surface area contributed by atoms with Crippen LogP contribution in [-0.4, -0.2) is 64.6 Å². The Morgan fingerprint density at radius 1 is 0.783 bits per heavy atom. The van der Waals surface area contributed by atoms with Crippen molar-refractivity contribution in [3.63, 3.8) is 0 Å². The number of hydrogen-bond acceptors (Lipinski definition) is 11. The van der Waals surface area contributed by atoms with E-state index in [-0.39, 0.29) is 11.8 Å². The molecular weight excluding hydrogens is 628 g/mol. The fraction of sp³-hybridized carbons (Fsp3) is 0.286. The van der Waals surface area contributed by atoms with Gasteiger partial charge in [-0.3, -0.25) is 9.97 Å². The van der Waals surface area contributed by atoms with E-state index in [1.54, 1.807) is 55.2 Å². The summed E-state index contributed by atoms with van der Waals surface area (Å²) < 4.78 is 67.5. The van der Waals surface area contributed by atoms with Crippen molar-refractivity contribution in [2.45, 2.75) is 45.3 Å². The van der Waals surface area contributed by atoms with Gasteiger partial charge in [-0.2, -0.15) is 17.6 Å². The normalized spacial score (nSPS) is 11.7. The third kappa shape index (κ3) is 8.33. The molecule has 0 radical (unpaired) electrons. The lowest BCUT2D eigenvalue weighted by atomic mass is 10.2. The number of ether oxygens (including phenoxy) is 1. The van der Waals surface area contributed by atoms with Crippen molar-refractivity contribution in [2.75, 3.05) is 6.61 Å². The first kappa shape index (κ1) is 32.3. The number of pyridine rings is 2. The zero-order valence-corrected chi connectivity index (χ0v) is 25.8. The maximum Gasteiger partial charge on any atom is 0.314 e. The monoisotopic (exact) mass is 656 g/mol. The highest BCUT2D eigenvalue weighted by atomic mass is 28.3. The Labute approximate surface area is 260 Å². The molecule has 0 aliphatic rings. The van der Waals surface area contributed by atoms with Gasteiger partial charge in [0.25, 0.3) is 11.8 Å². The molecule has 0 unspecified atom stereocenters. The summed E-state index contributed by atoms with van der Waals surface area (Å²) in [5, 5.41) is 13.9. The molecule has 0 atom stereocenters. The van der Waals surface area contributed by atoms with Gasteiger partial charge in [0.15, 0.2) is 11.6 Å². The average Bonchev–Trinajstić information content (AvgIpc) is 3.86.